The highest BCUT2D eigenvalue weighted by Crippen LogP contribution is 2.08. The van der Waals surface area contributed by atoms with Gasteiger partial charge < -0.3 is 19.8 Å². The normalized spacial score (nSPS) is 11.2. The maximum Gasteiger partial charge on any atom is 0.191 e. The van der Waals surface area contributed by atoms with E-state index in [-0.39, 0.29) is 24.0 Å². The van der Waals surface area contributed by atoms with Crippen LogP contribution in [0.1, 0.15) is 30.4 Å². The zero-order valence-electron chi connectivity index (χ0n) is 15.4. The summed E-state index contributed by atoms with van der Waals surface area (Å²) in [6, 6.07) is 8.18. The van der Waals surface area contributed by atoms with Crippen LogP contribution in [-0.4, -0.2) is 38.8 Å². The molecule has 146 valence electrons. The smallest absolute Gasteiger partial charge is 0.191 e. The Kier molecular flexibility index (Phi) is 13.3. The molecule has 0 aliphatic carbocycles. The lowest BCUT2D eigenvalue weighted by molar-refractivity contribution is 0.144. The maximum atomic E-state index is 5.37. The van der Waals surface area contributed by atoms with Crippen molar-refractivity contribution in [1.82, 2.24) is 10.6 Å². The molecule has 2 rings (SSSR count). The molecular weight excluding hydrogens is 461 g/mol. The SMILES string of the molecule is CCOCCCCN=C(NCCc1ccco1)NCCc1cccs1.I. The van der Waals surface area contributed by atoms with E-state index in [2.05, 4.69) is 33.1 Å². The van der Waals surface area contributed by atoms with Crippen LogP contribution < -0.4 is 10.6 Å². The molecule has 0 unspecified atom stereocenters. The van der Waals surface area contributed by atoms with E-state index >= 15 is 0 Å². The molecular formula is C19H30IN3O2S. The van der Waals surface area contributed by atoms with Gasteiger partial charge in [-0.3, -0.25) is 4.99 Å². The molecule has 0 saturated carbocycles. The largest absolute Gasteiger partial charge is 0.469 e. The Balaban J connectivity index is 0.00000338. The highest BCUT2D eigenvalue weighted by Gasteiger charge is 2.01. The summed E-state index contributed by atoms with van der Waals surface area (Å²) >= 11 is 1.79. The molecule has 2 aromatic heterocycles. The molecule has 7 heteroatoms. The van der Waals surface area contributed by atoms with Gasteiger partial charge in [0, 0.05) is 44.1 Å². The Morgan fingerprint density at radius 3 is 2.69 bits per heavy atom. The number of thiophene rings is 1. The van der Waals surface area contributed by atoms with Gasteiger partial charge in [-0.2, -0.15) is 0 Å². The van der Waals surface area contributed by atoms with Crippen molar-refractivity contribution in [2.45, 2.75) is 32.6 Å². The first-order chi connectivity index (χ1) is 12.4. The summed E-state index contributed by atoms with van der Waals surface area (Å²) in [5.41, 5.74) is 0. The Labute approximate surface area is 177 Å². The van der Waals surface area contributed by atoms with E-state index < -0.39 is 0 Å². The monoisotopic (exact) mass is 491 g/mol. The Morgan fingerprint density at radius 2 is 2.00 bits per heavy atom. The third-order valence-corrected chi connectivity index (χ3v) is 4.59. The first kappa shape index (κ1) is 23.0. The average Bonchev–Trinajstić information content (AvgIpc) is 3.31. The van der Waals surface area contributed by atoms with Gasteiger partial charge >= 0.3 is 0 Å². The van der Waals surface area contributed by atoms with Crippen molar-refractivity contribution in [3.05, 3.63) is 46.5 Å². The topological polar surface area (TPSA) is 58.8 Å². The number of guanidine groups is 1. The molecule has 0 bridgehead atoms. The fourth-order valence-corrected chi connectivity index (χ4v) is 3.05. The van der Waals surface area contributed by atoms with Crippen molar-refractivity contribution in [3.63, 3.8) is 0 Å². The van der Waals surface area contributed by atoms with Crippen LogP contribution in [0.4, 0.5) is 0 Å². The second-order valence-electron chi connectivity index (χ2n) is 5.65. The predicted octanol–water partition coefficient (Wildman–Crippen LogP) is 4.10. The summed E-state index contributed by atoms with van der Waals surface area (Å²) in [6.07, 6.45) is 5.66. The third kappa shape index (κ3) is 10.2. The summed E-state index contributed by atoms with van der Waals surface area (Å²) in [6.45, 7) is 6.12. The minimum absolute atomic E-state index is 0. The van der Waals surface area contributed by atoms with Crippen molar-refractivity contribution in [2.24, 2.45) is 4.99 Å². The first-order valence-corrected chi connectivity index (χ1v) is 9.91. The van der Waals surface area contributed by atoms with Gasteiger partial charge in [-0.15, -0.1) is 35.3 Å². The van der Waals surface area contributed by atoms with Crippen molar-refractivity contribution in [1.29, 1.82) is 0 Å². The highest BCUT2D eigenvalue weighted by molar-refractivity contribution is 14.0. The molecule has 0 fully saturated rings. The van der Waals surface area contributed by atoms with Crippen LogP contribution in [0.5, 0.6) is 0 Å². The van der Waals surface area contributed by atoms with E-state index in [0.717, 1.165) is 70.3 Å². The molecule has 0 radical (unpaired) electrons. The second kappa shape index (κ2) is 15.0. The van der Waals surface area contributed by atoms with E-state index in [0.29, 0.717) is 0 Å². The second-order valence-corrected chi connectivity index (χ2v) is 6.68. The summed E-state index contributed by atoms with van der Waals surface area (Å²) in [5, 5.41) is 8.93. The van der Waals surface area contributed by atoms with Crippen LogP contribution in [-0.2, 0) is 17.6 Å². The molecule has 2 aromatic rings. The minimum Gasteiger partial charge on any atom is -0.469 e. The summed E-state index contributed by atoms with van der Waals surface area (Å²) in [4.78, 5) is 6.06. The molecule has 0 atom stereocenters. The Morgan fingerprint density at radius 1 is 1.15 bits per heavy atom. The van der Waals surface area contributed by atoms with Crippen LogP contribution in [0.15, 0.2) is 45.3 Å². The number of unbranched alkanes of at least 4 members (excludes halogenated alkanes) is 1. The van der Waals surface area contributed by atoms with Crippen molar-refractivity contribution in [3.8, 4) is 0 Å². The number of nitrogens with one attached hydrogen (secondary N) is 2. The van der Waals surface area contributed by atoms with Crippen LogP contribution in [0.3, 0.4) is 0 Å². The van der Waals surface area contributed by atoms with Gasteiger partial charge in [0.05, 0.1) is 6.26 Å². The van der Waals surface area contributed by atoms with E-state index in [4.69, 9.17) is 9.15 Å². The van der Waals surface area contributed by atoms with Gasteiger partial charge in [-0.05, 0) is 49.8 Å². The van der Waals surface area contributed by atoms with E-state index in [9.17, 15) is 0 Å². The van der Waals surface area contributed by atoms with Gasteiger partial charge in [0.25, 0.3) is 0 Å². The number of rotatable bonds is 12. The molecule has 2 N–H and O–H groups in total. The lowest BCUT2D eigenvalue weighted by Gasteiger charge is -2.12. The number of hydrogen-bond donors (Lipinski definition) is 2. The zero-order valence-corrected chi connectivity index (χ0v) is 18.6. The minimum atomic E-state index is 0. The van der Waals surface area contributed by atoms with E-state index in [1.807, 2.05) is 19.1 Å². The number of aliphatic imine (C=N–C) groups is 1. The molecule has 26 heavy (non-hydrogen) atoms. The van der Waals surface area contributed by atoms with E-state index in [1.54, 1.807) is 17.6 Å². The van der Waals surface area contributed by atoms with Crippen molar-refractivity contribution < 1.29 is 9.15 Å². The molecule has 2 heterocycles. The zero-order chi connectivity index (χ0) is 17.6. The third-order valence-electron chi connectivity index (χ3n) is 3.66. The highest BCUT2D eigenvalue weighted by atomic mass is 127. The Bertz CT molecular complexity index is 531. The van der Waals surface area contributed by atoms with Gasteiger partial charge in [0.15, 0.2) is 5.96 Å². The van der Waals surface area contributed by atoms with Crippen LogP contribution >= 0.6 is 35.3 Å². The van der Waals surface area contributed by atoms with Gasteiger partial charge in [-0.25, -0.2) is 0 Å². The Hall–Kier alpha value is -1.06. The summed E-state index contributed by atoms with van der Waals surface area (Å²) in [7, 11) is 0. The number of halogens is 1. The van der Waals surface area contributed by atoms with E-state index in [1.165, 1.54) is 4.88 Å². The number of nitrogens with zero attached hydrogens (tertiary/aromatic N) is 1. The standard InChI is InChI=1S/C19H29N3O2S.HI/c1-2-23-14-4-3-11-20-19(21-12-9-17-7-5-15-24-17)22-13-10-18-8-6-16-25-18;/h5-8,15-16H,2-4,9-14H2,1H3,(H2,20,21,22);1H. The fraction of sp³-hybridized carbons (Fsp3) is 0.526. The first-order valence-electron chi connectivity index (χ1n) is 9.03. The average molecular weight is 491 g/mol. The molecule has 0 spiro atoms. The van der Waals surface area contributed by atoms with Crippen molar-refractivity contribution >= 4 is 41.3 Å². The molecule has 5 nitrogen and oxygen atoms in total. The lowest BCUT2D eigenvalue weighted by Crippen LogP contribution is -2.39. The van der Waals surface area contributed by atoms with Crippen LogP contribution in [0.25, 0.3) is 0 Å². The van der Waals surface area contributed by atoms with Crippen LogP contribution in [0, 0.1) is 0 Å². The molecule has 0 aromatic carbocycles. The predicted molar refractivity (Wildman–Crippen MR) is 120 cm³/mol. The number of furan rings is 1. The van der Waals surface area contributed by atoms with Gasteiger partial charge in [0.2, 0.25) is 0 Å². The van der Waals surface area contributed by atoms with Gasteiger partial charge in [0.1, 0.15) is 5.76 Å². The molecule has 0 aliphatic heterocycles. The quantitative estimate of drug-likeness (QED) is 0.203. The number of ether oxygens (including phenoxy) is 1. The van der Waals surface area contributed by atoms with Gasteiger partial charge in [-0.1, -0.05) is 6.07 Å². The van der Waals surface area contributed by atoms with Crippen LogP contribution in [0.2, 0.25) is 0 Å². The lowest BCUT2D eigenvalue weighted by atomic mass is 10.3. The maximum absolute atomic E-state index is 5.37. The number of hydrogen-bond acceptors (Lipinski definition) is 4. The summed E-state index contributed by atoms with van der Waals surface area (Å²) < 4.78 is 10.7. The molecule has 0 aliphatic rings. The fourth-order valence-electron chi connectivity index (χ4n) is 2.34. The van der Waals surface area contributed by atoms with Crippen molar-refractivity contribution in [2.75, 3.05) is 32.8 Å². The molecule has 0 amide bonds. The summed E-state index contributed by atoms with van der Waals surface area (Å²) in [5.74, 6) is 1.86. The molecule has 0 saturated heterocycles.